The van der Waals surface area contributed by atoms with E-state index in [9.17, 15) is 28.1 Å². The third-order valence-electron chi connectivity index (χ3n) is 1.90. The number of nitrogen functional groups attached to an aromatic ring is 1. The average Bonchev–Trinajstić information content (AvgIpc) is 2.25. The van der Waals surface area contributed by atoms with Gasteiger partial charge in [0.25, 0.3) is 11.6 Å². The van der Waals surface area contributed by atoms with E-state index in [1.54, 1.807) is 5.43 Å². The molecule has 0 spiro atoms. The number of nitrogens with two attached hydrogens (primary N) is 1. The molecule has 17 heavy (non-hydrogen) atoms. The van der Waals surface area contributed by atoms with Crippen molar-refractivity contribution in [2.24, 2.45) is 5.84 Å². The first-order valence-electron chi connectivity index (χ1n) is 4.14. The second kappa shape index (κ2) is 4.37. The van der Waals surface area contributed by atoms with Crippen LogP contribution in [0, 0.1) is 10.1 Å². The minimum atomic E-state index is -4.72. The topological polar surface area (TPSA) is 98.3 Å². The lowest BCUT2D eigenvalue weighted by molar-refractivity contribution is -0.385. The molecular weight excluding hydrogens is 243 g/mol. The van der Waals surface area contributed by atoms with Crippen LogP contribution in [0.25, 0.3) is 0 Å². The number of nitro groups is 1. The standard InChI is InChI=1S/C8H6F3N3O3/c9-8(10,11)4-1-2-5(7(15)13-12)6(3-4)14(16)17/h1-3H,12H2,(H,13,15). The van der Waals surface area contributed by atoms with Crippen LogP contribution >= 0.6 is 0 Å². The first-order valence-corrected chi connectivity index (χ1v) is 4.14. The number of carbonyl (C=O) groups is 1. The molecule has 3 N–H and O–H groups in total. The number of carbonyl (C=O) groups excluding carboxylic acids is 1. The molecule has 1 rings (SSSR count). The van der Waals surface area contributed by atoms with Gasteiger partial charge in [0.05, 0.1) is 10.5 Å². The van der Waals surface area contributed by atoms with Crippen LogP contribution in [0.4, 0.5) is 18.9 Å². The highest BCUT2D eigenvalue weighted by atomic mass is 19.4. The third kappa shape index (κ3) is 2.69. The van der Waals surface area contributed by atoms with E-state index < -0.39 is 33.8 Å². The van der Waals surface area contributed by atoms with E-state index in [2.05, 4.69) is 0 Å². The molecule has 0 aliphatic heterocycles. The molecule has 0 bridgehead atoms. The molecule has 0 atom stereocenters. The fourth-order valence-electron chi connectivity index (χ4n) is 1.13. The molecule has 0 heterocycles. The quantitative estimate of drug-likeness (QED) is 0.356. The van der Waals surface area contributed by atoms with Crippen molar-refractivity contribution in [3.63, 3.8) is 0 Å². The highest BCUT2D eigenvalue weighted by molar-refractivity contribution is 5.97. The number of hydrogen-bond donors (Lipinski definition) is 2. The summed E-state index contributed by atoms with van der Waals surface area (Å²) >= 11 is 0. The Balaban J connectivity index is 3.37. The molecule has 0 saturated heterocycles. The van der Waals surface area contributed by atoms with Crippen LogP contribution in [-0.2, 0) is 6.18 Å². The van der Waals surface area contributed by atoms with E-state index in [4.69, 9.17) is 5.84 Å². The maximum atomic E-state index is 12.3. The number of nitrogens with zero attached hydrogens (tertiary/aromatic N) is 1. The predicted molar refractivity (Wildman–Crippen MR) is 49.8 cm³/mol. The molecule has 0 aliphatic carbocycles. The molecule has 1 amide bonds. The Morgan fingerprint density at radius 3 is 2.41 bits per heavy atom. The summed E-state index contributed by atoms with van der Waals surface area (Å²) in [5, 5.41) is 10.5. The zero-order chi connectivity index (χ0) is 13.2. The van der Waals surface area contributed by atoms with Gasteiger partial charge in [-0.3, -0.25) is 20.3 Å². The number of rotatable bonds is 2. The van der Waals surface area contributed by atoms with Crippen molar-refractivity contribution in [1.82, 2.24) is 5.43 Å². The normalized spacial score (nSPS) is 11.1. The van der Waals surface area contributed by atoms with Gasteiger partial charge in [-0.1, -0.05) is 0 Å². The molecule has 0 radical (unpaired) electrons. The second-order valence-electron chi connectivity index (χ2n) is 2.96. The highest BCUT2D eigenvalue weighted by Crippen LogP contribution is 2.32. The Bertz CT molecular complexity index is 473. The first-order chi connectivity index (χ1) is 7.77. The van der Waals surface area contributed by atoms with Gasteiger partial charge in [0.15, 0.2) is 0 Å². The fourth-order valence-corrected chi connectivity index (χ4v) is 1.13. The van der Waals surface area contributed by atoms with Gasteiger partial charge in [-0.15, -0.1) is 0 Å². The van der Waals surface area contributed by atoms with Crippen LogP contribution in [0.1, 0.15) is 15.9 Å². The van der Waals surface area contributed by atoms with Crippen LogP contribution < -0.4 is 11.3 Å². The molecule has 9 heteroatoms. The number of halogens is 3. The van der Waals surface area contributed by atoms with Crippen molar-refractivity contribution < 1.29 is 22.9 Å². The predicted octanol–water partition coefficient (Wildman–Crippen LogP) is 1.22. The van der Waals surface area contributed by atoms with E-state index in [0.29, 0.717) is 12.1 Å². The lowest BCUT2D eigenvalue weighted by Crippen LogP contribution is -2.30. The minimum Gasteiger partial charge on any atom is -0.290 e. The van der Waals surface area contributed by atoms with Crippen molar-refractivity contribution in [3.05, 3.63) is 39.4 Å². The molecule has 1 aromatic rings. The van der Waals surface area contributed by atoms with Gasteiger partial charge in [-0.05, 0) is 12.1 Å². The maximum Gasteiger partial charge on any atom is 0.416 e. The van der Waals surface area contributed by atoms with Gasteiger partial charge < -0.3 is 0 Å². The fraction of sp³-hybridized carbons (Fsp3) is 0.125. The Morgan fingerprint density at radius 1 is 1.41 bits per heavy atom. The minimum absolute atomic E-state index is 0.282. The summed E-state index contributed by atoms with van der Waals surface area (Å²) in [4.78, 5) is 20.5. The summed E-state index contributed by atoms with van der Waals surface area (Å²) in [5.41, 5.74) is -1.09. The van der Waals surface area contributed by atoms with Gasteiger partial charge in [0, 0.05) is 6.07 Å². The molecule has 6 nitrogen and oxygen atoms in total. The van der Waals surface area contributed by atoms with Crippen LogP contribution in [0.2, 0.25) is 0 Å². The molecule has 92 valence electrons. The molecule has 0 unspecified atom stereocenters. The van der Waals surface area contributed by atoms with E-state index in [-0.39, 0.29) is 6.07 Å². The Hall–Kier alpha value is -2.16. The SMILES string of the molecule is NNC(=O)c1ccc(C(F)(F)F)cc1[N+](=O)[O-]. The largest absolute Gasteiger partial charge is 0.416 e. The number of benzene rings is 1. The number of hydrazine groups is 1. The summed E-state index contributed by atoms with van der Waals surface area (Å²) in [5.74, 6) is 3.72. The Labute approximate surface area is 92.3 Å². The average molecular weight is 249 g/mol. The summed E-state index contributed by atoms with van der Waals surface area (Å²) in [6, 6.07) is 1.55. The van der Waals surface area contributed by atoms with Crippen LogP contribution in [-0.4, -0.2) is 10.8 Å². The number of nitro benzene ring substituents is 1. The Kier molecular flexibility index (Phi) is 3.32. The zero-order valence-electron chi connectivity index (χ0n) is 8.12. The van der Waals surface area contributed by atoms with Crippen LogP contribution in [0.5, 0.6) is 0 Å². The van der Waals surface area contributed by atoms with E-state index in [1.807, 2.05) is 0 Å². The first kappa shape index (κ1) is 12.9. The van der Waals surface area contributed by atoms with E-state index in [0.717, 1.165) is 0 Å². The molecule has 1 aromatic carbocycles. The summed E-state index contributed by atoms with van der Waals surface area (Å²) in [6.45, 7) is 0. The van der Waals surface area contributed by atoms with Crippen molar-refractivity contribution in [3.8, 4) is 0 Å². The van der Waals surface area contributed by atoms with Gasteiger partial charge in [0.2, 0.25) is 0 Å². The van der Waals surface area contributed by atoms with Crippen molar-refractivity contribution in [1.29, 1.82) is 0 Å². The smallest absolute Gasteiger partial charge is 0.290 e. The van der Waals surface area contributed by atoms with Gasteiger partial charge in [-0.2, -0.15) is 13.2 Å². The van der Waals surface area contributed by atoms with Crippen molar-refractivity contribution in [2.75, 3.05) is 0 Å². The number of hydrogen-bond acceptors (Lipinski definition) is 4. The summed E-state index contributed by atoms with van der Waals surface area (Å²) < 4.78 is 36.9. The van der Waals surface area contributed by atoms with Crippen molar-refractivity contribution in [2.45, 2.75) is 6.18 Å². The maximum absolute atomic E-state index is 12.3. The van der Waals surface area contributed by atoms with E-state index in [1.165, 1.54) is 0 Å². The summed E-state index contributed by atoms with van der Waals surface area (Å²) in [6.07, 6.45) is -4.72. The van der Waals surface area contributed by atoms with E-state index >= 15 is 0 Å². The number of alkyl halides is 3. The molecule has 0 saturated carbocycles. The monoisotopic (exact) mass is 249 g/mol. The zero-order valence-corrected chi connectivity index (χ0v) is 8.12. The summed E-state index contributed by atoms with van der Waals surface area (Å²) in [7, 11) is 0. The molecular formula is C8H6F3N3O3. The molecule has 0 aromatic heterocycles. The molecule has 0 aliphatic rings. The lowest BCUT2D eigenvalue weighted by Gasteiger charge is -2.07. The third-order valence-corrected chi connectivity index (χ3v) is 1.90. The molecule has 0 fully saturated rings. The van der Waals surface area contributed by atoms with Crippen LogP contribution in [0.15, 0.2) is 18.2 Å². The van der Waals surface area contributed by atoms with Gasteiger partial charge >= 0.3 is 6.18 Å². The Morgan fingerprint density at radius 2 is 2.00 bits per heavy atom. The highest BCUT2D eigenvalue weighted by Gasteiger charge is 2.33. The lowest BCUT2D eigenvalue weighted by atomic mass is 10.1. The van der Waals surface area contributed by atoms with Gasteiger partial charge in [0.1, 0.15) is 5.56 Å². The number of nitrogens with one attached hydrogen (secondary N) is 1. The van der Waals surface area contributed by atoms with Gasteiger partial charge in [-0.25, -0.2) is 5.84 Å². The van der Waals surface area contributed by atoms with Crippen molar-refractivity contribution >= 4 is 11.6 Å². The second-order valence-corrected chi connectivity index (χ2v) is 2.96. The number of amides is 1. The van der Waals surface area contributed by atoms with Crippen LogP contribution in [0.3, 0.4) is 0 Å².